The molecule has 170 valence electrons. The van der Waals surface area contributed by atoms with Gasteiger partial charge in [-0.05, 0) is 23.8 Å². The van der Waals surface area contributed by atoms with Crippen LogP contribution in [0.1, 0.15) is 21.7 Å². The van der Waals surface area contributed by atoms with Crippen molar-refractivity contribution in [3.63, 3.8) is 0 Å². The van der Waals surface area contributed by atoms with E-state index in [1.54, 1.807) is 31.6 Å². The molecule has 0 saturated heterocycles. The van der Waals surface area contributed by atoms with Crippen LogP contribution < -0.4 is 15.8 Å². The van der Waals surface area contributed by atoms with Crippen molar-refractivity contribution in [2.75, 3.05) is 12.4 Å². The van der Waals surface area contributed by atoms with Crippen LogP contribution in [-0.2, 0) is 30.2 Å². The minimum Gasteiger partial charge on any atom is -0.345 e. The first-order chi connectivity index (χ1) is 15.0. The summed E-state index contributed by atoms with van der Waals surface area (Å²) in [5.41, 5.74) is 1.31. The number of benzene rings is 1. The highest BCUT2D eigenvalue weighted by molar-refractivity contribution is 7.89. The van der Waals surface area contributed by atoms with Crippen LogP contribution in [0.2, 0.25) is 0 Å². The monoisotopic (exact) mass is 480 g/mol. The predicted octanol–water partition coefficient (Wildman–Crippen LogP) is 1.86. The maximum atomic E-state index is 13.2. The van der Waals surface area contributed by atoms with Gasteiger partial charge in [0.1, 0.15) is 16.4 Å². The number of urea groups is 1. The van der Waals surface area contributed by atoms with Crippen molar-refractivity contribution in [3.05, 3.63) is 64.7 Å². The third-order valence-corrected chi connectivity index (χ3v) is 6.07. The maximum absolute atomic E-state index is 13.2. The highest BCUT2D eigenvalue weighted by Crippen LogP contribution is 2.18. The molecule has 3 rings (SSSR count). The molecule has 2 heterocycles. The Bertz CT molecular complexity index is 1250. The normalized spacial score (nSPS) is 11.2. The number of hydrogen-bond acceptors (Lipinski definition) is 6. The molecule has 13 heteroatoms. The number of halogens is 1. The number of anilines is 1. The van der Waals surface area contributed by atoms with Gasteiger partial charge in [-0.3, -0.25) is 10.1 Å². The average Bonchev–Trinajstić information content (AvgIpc) is 3.32. The lowest BCUT2D eigenvalue weighted by molar-refractivity contribution is 0.0774. The number of sulfonamides is 1. The van der Waals surface area contributed by atoms with Crippen LogP contribution in [0.15, 0.2) is 46.8 Å². The molecule has 0 aliphatic heterocycles. The largest absolute Gasteiger partial charge is 0.345 e. The zero-order chi connectivity index (χ0) is 23.5. The third kappa shape index (κ3) is 5.90. The predicted molar refractivity (Wildman–Crippen MR) is 117 cm³/mol. The lowest BCUT2D eigenvalue weighted by atomic mass is 10.2. The Labute approximate surface area is 187 Å². The molecule has 2 aromatic heterocycles. The zero-order valence-electron chi connectivity index (χ0n) is 17.2. The SMILES string of the molecule is CN(Cc1csc(NC(=O)NCc2cccc(F)c2)n1)C(=O)c1cc(S(N)(=O)=O)cn1C. The van der Waals surface area contributed by atoms with Crippen molar-refractivity contribution in [1.82, 2.24) is 19.8 Å². The van der Waals surface area contributed by atoms with Gasteiger partial charge in [0.05, 0.1) is 12.2 Å². The first kappa shape index (κ1) is 23.4. The molecule has 10 nitrogen and oxygen atoms in total. The molecule has 4 N–H and O–H groups in total. The van der Waals surface area contributed by atoms with Crippen LogP contribution >= 0.6 is 11.3 Å². The van der Waals surface area contributed by atoms with Gasteiger partial charge in [0.25, 0.3) is 5.91 Å². The fourth-order valence-corrected chi connectivity index (χ4v) is 4.10. The second-order valence-corrected chi connectivity index (χ2v) is 9.38. The topological polar surface area (TPSA) is 139 Å². The van der Waals surface area contributed by atoms with E-state index in [2.05, 4.69) is 15.6 Å². The summed E-state index contributed by atoms with van der Waals surface area (Å²) in [6.45, 7) is 0.286. The number of rotatable bonds is 7. The van der Waals surface area contributed by atoms with E-state index >= 15 is 0 Å². The van der Waals surface area contributed by atoms with Crippen molar-refractivity contribution in [2.24, 2.45) is 12.2 Å². The fraction of sp³-hybridized carbons (Fsp3) is 0.211. The molecule has 32 heavy (non-hydrogen) atoms. The fourth-order valence-electron chi connectivity index (χ4n) is 2.82. The summed E-state index contributed by atoms with van der Waals surface area (Å²) in [7, 11) is -0.832. The van der Waals surface area contributed by atoms with Crippen molar-refractivity contribution in [2.45, 2.75) is 18.0 Å². The van der Waals surface area contributed by atoms with Gasteiger partial charge in [0.15, 0.2) is 5.13 Å². The van der Waals surface area contributed by atoms with E-state index in [9.17, 15) is 22.4 Å². The van der Waals surface area contributed by atoms with Crippen LogP contribution in [0, 0.1) is 5.82 Å². The van der Waals surface area contributed by atoms with E-state index in [0.717, 1.165) is 0 Å². The molecule has 0 bridgehead atoms. The van der Waals surface area contributed by atoms with Gasteiger partial charge < -0.3 is 14.8 Å². The molecule has 0 fully saturated rings. The van der Waals surface area contributed by atoms with Gasteiger partial charge in [0.2, 0.25) is 10.0 Å². The van der Waals surface area contributed by atoms with Crippen molar-refractivity contribution in [3.8, 4) is 0 Å². The molecule has 3 amide bonds. The van der Waals surface area contributed by atoms with Gasteiger partial charge in [-0.2, -0.15) is 0 Å². The quantitative estimate of drug-likeness (QED) is 0.474. The van der Waals surface area contributed by atoms with E-state index in [1.807, 2.05) is 0 Å². The Kier molecular flexibility index (Phi) is 6.91. The number of hydrogen-bond donors (Lipinski definition) is 3. The van der Waals surface area contributed by atoms with Gasteiger partial charge in [-0.15, -0.1) is 11.3 Å². The Morgan fingerprint density at radius 2 is 2.06 bits per heavy atom. The van der Waals surface area contributed by atoms with E-state index in [4.69, 9.17) is 5.14 Å². The van der Waals surface area contributed by atoms with Gasteiger partial charge in [0, 0.05) is 32.2 Å². The summed E-state index contributed by atoms with van der Waals surface area (Å²) < 4.78 is 37.6. The number of thiazole rings is 1. The molecule has 0 unspecified atom stereocenters. The average molecular weight is 481 g/mol. The minimum absolute atomic E-state index is 0.137. The number of carbonyl (C=O) groups excluding carboxylic acids is 2. The Morgan fingerprint density at radius 3 is 2.72 bits per heavy atom. The van der Waals surface area contributed by atoms with Crippen molar-refractivity contribution in [1.29, 1.82) is 0 Å². The van der Waals surface area contributed by atoms with Gasteiger partial charge >= 0.3 is 6.03 Å². The smallest absolute Gasteiger partial charge is 0.321 e. The number of amides is 3. The first-order valence-corrected chi connectivity index (χ1v) is 11.6. The maximum Gasteiger partial charge on any atom is 0.321 e. The van der Waals surface area contributed by atoms with Crippen molar-refractivity contribution >= 4 is 38.4 Å². The number of nitrogens with zero attached hydrogens (tertiary/aromatic N) is 3. The number of nitrogens with one attached hydrogen (secondary N) is 2. The lowest BCUT2D eigenvalue weighted by Crippen LogP contribution is -2.29. The molecular formula is C19H21FN6O4S2. The molecular weight excluding hydrogens is 459 g/mol. The highest BCUT2D eigenvalue weighted by Gasteiger charge is 2.21. The number of primary sulfonamides is 1. The Hall–Kier alpha value is -3.29. The van der Waals surface area contributed by atoms with Crippen molar-refractivity contribution < 1.29 is 22.4 Å². The number of aryl methyl sites for hydroxylation is 1. The standard InChI is InChI=1S/C19H21FN6O4S2/c1-25-10-15(32(21,29)30)7-16(25)17(27)26(2)9-14-11-31-19(23-14)24-18(28)22-8-12-4-3-5-13(20)6-12/h3-7,10-11H,8-9H2,1-2H3,(H2,21,29,30)(H2,22,23,24,28). The van der Waals surface area contributed by atoms with E-state index in [-0.39, 0.29) is 29.5 Å². The van der Waals surface area contributed by atoms with Gasteiger partial charge in [-0.25, -0.2) is 27.7 Å². The molecule has 0 spiro atoms. The molecule has 0 radical (unpaired) electrons. The van der Waals surface area contributed by atoms with Crippen LogP contribution in [0.25, 0.3) is 0 Å². The minimum atomic E-state index is -3.92. The number of nitrogens with two attached hydrogens (primary N) is 1. The summed E-state index contributed by atoms with van der Waals surface area (Å²) >= 11 is 1.18. The zero-order valence-corrected chi connectivity index (χ0v) is 18.8. The molecule has 3 aromatic rings. The second-order valence-electron chi connectivity index (χ2n) is 6.96. The van der Waals surface area contributed by atoms with Crippen LogP contribution in [-0.4, -0.2) is 41.9 Å². The van der Waals surface area contributed by atoms with Crippen LogP contribution in [0.3, 0.4) is 0 Å². The van der Waals surface area contributed by atoms with Crippen LogP contribution in [0.4, 0.5) is 14.3 Å². The summed E-state index contributed by atoms with van der Waals surface area (Å²) in [5.74, 6) is -0.804. The molecule has 1 aromatic carbocycles. The van der Waals surface area contributed by atoms with Gasteiger partial charge in [-0.1, -0.05) is 12.1 Å². The highest BCUT2D eigenvalue weighted by atomic mass is 32.2. The summed E-state index contributed by atoms with van der Waals surface area (Å²) in [5, 5.41) is 12.3. The first-order valence-electron chi connectivity index (χ1n) is 9.21. The number of aromatic nitrogens is 2. The Balaban J connectivity index is 1.56. The molecule has 0 aliphatic carbocycles. The molecule has 0 saturated carbocycles. The van der Waals surface area contributed by atoms with E-state index in [1.165, 1.54) is 45.2 Å². The molecule has 0 atom stereocenters. The van der Waals surface area contributed by atoms with E-state index < -0.39 is 22.0 Å². The molecule has 0 aliphatic rings. The van der Waals surface area contributed by atoms with Crippen LogP contribution in [0.5, 0.6) is 0 Å². The third-order valence-electron chi connectivity index (χ3n) is 4.39. The lowest BCUT2D eigenvalue weighted by Gasteiger charge is -2.16. The summed E-state index contributed by atoms with van der Waals surface area (Å²) in [4.78, 5) is 30.2. The number of carbonyl (C=O) groups is 2. The van der Waals surface area contributed by atoms with E-state index in [0.29, 0.717) is 16.4 Å². The Morgan fingerprint density at radius 1 is 1.31 bits per heavy atom. The summed E-state index contributed by atoms with van der Waals surface area (Å²) in [6.07, 6.45) is 1.27. The second kappa shape index (κ2) is 9.46. The summed E-state index contributed by atoms with van der Waals surface area (Å²) in [6, 6.07) is 6.60.